The van der Waals surface area contributed by atoms with Gasteiger partial charge in [0.1, 0.15) is 0 Å². The van der Waals surface area contributed by atoms with Crippen molar-refractivity contribution in [2.45, 2.75) is 26.7 Å². The van der Waals surface area contributed by atoms with Crippen molar-refractivity contribution in [2.75, 3.05) is 0 Å². The maximum absolute atomic E-state index is 8.38. The van der Waals surface area contributed by atoms with Gasteiger partial charge in [0.05, 0.1) is 6.07 Å². The molecule has 1 nitrogen and oxygen atoms in total. The van der Waals surface area contributed by atoms with E-state index in [1.165, 1.54) is 0 Å². The average molecular weight is 123 g/mol. The van der Waals surface area contributed by atoms with E-state index < -0.39 is 0 Å². The van der Waals surface area contributed by atoms with E-state index in [1.807, 2.05) is 6.92 Å². The van der Waals surface area contributed by atoms with Crippen LogP contribution in [0.3, 0.4) is 0 Å². The van der Waals surface area contributed by atoms with Crippen LogP contribution in [-0.2, 0) is 0 Å². The number of allylic oxidation sites excluding steroid dienone is 1. The fraction of sp³-hybridized carbons (Fsp3) is 0.625. The Hall–Kier alpha value is -0.770. The number of nitrogens with zero attached hydrogens (tertiary/aromatic N) is 1. The van der Waals surface area contributed by atoms with Crippen molar-refractivity contribution < 1.29 is 0 Å². The van der Waals surface area contributed by atoms with Crippen LogP contribution < -0.4 is 0 Å². The SMILES string of the molecule is C=C(C#N)C(C)CCC. The Bertz CT molecular complexity index is 130. The van der Waals surface area contributed by atoms with Gasteiger partial charge in [-0.05, 0) is 12.3 Å². The molecule has 0 aliphatic carbocycles. The first-order valence-electron chi connectivity index (χ1n) is 3.31. The van der Waals surface area contributed by atoms with Crippen molar-refractivity contribution >= 4 is 0 Å². The lowest BCUT2D eigenvalue weighted by Gasteiger charge is -2.04. The lowest BCUT2D eigenvalue weighted by Crippen LogP contribution is -1.94. The average Bonchev–Trinajstić information content (AvgIpc) is 1.87. The zero-order valence-corrected chi connectivity index (χ0v) is 6.15. The first-order chi connectivity index (χ1) is 4.22. The van der Waals surface area contributed by atoms with E-state index in [0.29, 0.717) is 11.5 Å². The predicted octanol–water partition coefficient (Wildman–Crippen LogP) is 2.50. The first kappa shape index (κ1) is 8.23. The number of nitriles is 1. The van der Waals surface area contributed by atoms with E-state index in [4.69, 9.17) is 5.26 Å². The summed E-state index contributed by atoms with van der Waals surface area (Å²) in [7, 11) is 0. The Morgan fingerprint density at radius 1 is 1.78 bits per heavy atom. The van der Waals surface area contributed by atoms with Crippen LogP contribution in [-0.4, -0.2) is 0 Å². The van der Waals surface area contributed by atoms with E-state index in [1.54, 1.807) is 0 Å². The molecule has 1 heteroatoms. The van der Waals surface area contributed by atoms with E-state index in [9.17, 15) is 0 Å². The molecule has 0 spiro atoms. The quantitative estimate of drug-likeness (QED) is 0.529. The normalized spacial score (nSPS) is 12.1. The maximum Gasteiger partial charge on any atom is 0.0943 e. The Balaban J connectivity index is 3.62. The summed E-state index contributed by atoms with van der Waals surface area (Å²) in [6.45, 7) is 7.78. The van der Waals surface area contributed by atoms with Crippen LogP contribution in [0.15, 0.2) is 12.2 Å². The van der Waals surface area contributed by atoms with Gasteiger partial charge in [0.15, 0.2) is 0 Å². The van der Waals surface area contributed by atoms with Gasteiger partial charge in [-0.1, -0.05) is 26.8 Å². The van der Waals surface area contributed by atoms with Crippen molar-refractivity contribution in [3.63, 3.8) is 0 Å². The van der Waals surface area contributed by atoms with E-state index >= 15 is 0 Å². The highest BCUT2D eigenvalue weighted by Crippen LogP contribution is 2.12. The summed E-state index contributed by atoms with van der Waals surface area (Å²) in [5.74, 6) is 0.375. The Morgan fingerprint density at radius 3 is 2.67 bits per heavy atom. The molecule has 0 aromatic rings. The summed E-state index contributed by atoms with van der Waals surface area (Å²) in [6.07, 6.45) is 2.20. The van der Waals surface area contributed by atoms with Crippen LogP contribution in [0.25, 0.3) is 0 Å². The molecule has 0 fully saturated rings. The lowest BCUT2D eigenvalue weighted by molar-refractivity contribution is 0.617. The molecule has 0 aliphatic rings. The molecule has 0 aromatic heterocycles. The van der Waals surface area contributed by atoms with Crippen LogP contribution >= 0.6 is 0 Å². The van der Waals surface area contributed by atoms with Gasteiger partial charge >= 0.3 is 0 Å². The zero-order valence-electron chi connectivity index (χ0n) is 6.15. The molecular formula is C8H13N. The molecule has 0 heterocycles. The topological polar surface area (TPSA) is 23.8 Å². The maximum atomic E-state index is 8.38. The molecule has 0 N–H and O–H groups in total. The third-order valence-corrected chi connectivity index (χ3v) is 1.46. The Kier molecular flexibility index (Phi) is 3.79. The molecule has 0 aromatic carbocycles. The van der Waals surface area contributed by atoms with Crippen molar-refractivity contribution in [3.05, 3.63) is 12.2 Å². The molecule has 1 atom stereocenters. The van der Waals surface area contributed by atoms with Crippen molar-refractivity contribution in [1.82, 2.24) is 0 Å². The third-order valence-electron chi connectivity index (χ3n) is 1.46. The highest BCUT2D eigenvalue weighted by molar-refractivity contribution is 5.18. The van der Waals surface area contributed by atoms with Crippen molar-refractivity contribution in [2.24, 2.45) is 5.92 Å². The van der Waals surface area contributed by atoms with Crippen molar-refractivity contribution in [3.8, 4) is 6.07 Å². The monoisotopic (exact) mass is 123 g/mol. The number of hydrogen-bond acceptors (Lipinski definition) is 1. The summed E-state index contributed by atoms with van der Waals surface area (Å²) in [4.78, 5) is 0. The molecule has 9 heavy (non-hydrogen) atoms. The lowest BCUT2D eigenvalue weighted by atomic mass is 9.99. The van der Waals surface area contributed by atoms with E-state index in [0.717, 1.165) is 12.8 Å². The second-order valence-corrected chi connectivity index (χ2v) is 2.33. The fourth-order valence-corrected chi connectivity index (χ4v) is 0.717. The van der Waals surface area contributed by atoms with Crippen molar-refractivity contribution in [1.29, 1.82) is 5.26 Å². The van der Waals surface area contributed by atoms with Gasteiger partial charge in [0.2, 0.25) is 0 Å². The predicted molar refractivity (Wildman–Crippen MR) is 38.8 cm³/mol. The van der Waals surface area contributed by atoms with Crippen LogP contribution in [0.4, 0.5) is 0 Å². The zero-order chi connectivity index (χ0) is 7.28. The second kappa shape index (κ2) is 4.14. The van der Waals surface area contributed by atoms with Crippen LogP contribution in [0, 0.1) is 17.2 Å². The summed E-state index contributed by atoms with van der Waals surface area (Å²) >= 11 is 0. The molecule has 0 bridgehead atoms. The van der Waals surface area contributed by atoms with Crippen LogP contribution in [0.1, 0.15) is 26.7 Å². The Morgan fingerprint density at radius 2 is 2.33 bits per heavy atom. The van der Waals surface area contributed by atoms with Gasteiger partial charge in [-0.15, -0.1) is 0 Å². The van der Waals surface area contributed by atoms with Gasteiger partial charge in [0.25, 0.3) is 0 Å². The number of hydrogen-bond donors (Lipinski definition) is 0. The molecule has 0 saturated carbocycles. The minimum absolute atomic E-state index is 0.375. The molecular weight excluding hydrogens is 110 g/mol. The first-order valence-corrected chi connectivity index (χ1v) is 3.31. The van der Waals surface area contributed by atoms with E-state index in [2.05, 4.69) is 19.6 Å². The molecule has 0 amide bonds. The molecule has 0 rings (SSSR count). The minimum Gasteiger partial charge on any atom is -0.193 e. The highest BCUT2D eigenvalue weighted by Gasteiger charge is 2.02. The van der Waals surface area contributed by atoms with Gasteiger partial charge in [-0.25, -0.2) is 0 Å². The largest absolute Gasteiger partial charge is 0.193 e. The van der Waals surface area contributed by atoms with Gasteiger partial charge in [-0.3, -0.25) is 0 Å². The molecule has 0 radical (unpaired) electrons. The molecule has 0 saturated heterocycles. The summed E-state index contributed by atoms with van der Waals surface area (Å²) in [5.41, 5.74) is 0.705. The summed E-state index contributed by atoms with van der Waals surface area (Å²) < 4.78 is 0. The fourth-order valence-electron chi connectivity index (χ4n) is 0.717. The standard InChI is InChI=1S/C8H13N/c1-4-5-7(2)8(3)6-9/h7H,3-5H2,1-2H3. The van der Waals surface area contributed by atoms with Gasteiger partial charge < -0.3 is 0 Å². The molecule has 50 valence electrons. The summed E-state index contributed by atoms with van der Waals surface area (Å²) in [5, 5.41) is 8.38. The summed E-state index contributed by atoms with van der Waals surface area (Å²) in [6, 6.07) is 2.06. The Labute approximate surface area is 57.0 Å². The van der Waals surface area contributed by atoms with Gasteiger partial charge in [-0.2, -0.15) is 5.26 Å². The number of rotatable bonds is 3. The van der Waals surface area contributed by atoms with E-state index in [-0.39, 0.29) is 0 Å². The molecule has 0 aliphatic heterocycles. The van der Waals surface area contributed by atoms with Gasteiger partial charge in [0, 0.05) is 5.57 Å². The minimum atomic E-state index is 0.375. The smallest absolute Gasteiger partial charge is 0.0943 e. The second-order valence-electron chi connectivity index (χ2n) is 2.33. The third kappa shape index (κ3) is 2.92. The van der Waals surface area contributed by atoms with Crippen LogP contribution in [0.5, 0.6) is 0 Å². The molecule has 1 unspecified atom stereocenters. The highest BCUT2D eigenvalue weighted by atomic mass is 14.3. The van der Waals surface area contributed by atoms with Crippen LogP contribution in [0.2, 0.25) is 0 Å².